The summed E-state index contributed by atoms with van der Waals surface area (Å²) in [4.78, 5) is 0. The fraction of sp³-hybridized carbons (Fsp3) is 0. The van der Waals surface area contributed by atoms with E-state index < -0.39 is 0 Å². The van der Waals surface area contributed by atoms with E-state index in [0.717, 1.165) is 43.9 Å². The lowest BCUT2D eigenvalue weighted by Gasteiger charge is -2.02. The van der Waals surface area contributed by atoms with E-state index in [1.165, 1.54) is 22.3 Å². The smallest absolute Gasteiger partial charge is 0.136 e. The zero-order valence-corrected chi connectivity index (χ0v) is 17.2. The molecule has 2 heteroatoms. The van der Waals surface area contributed by atoms with Crippen molar-refractivity contribution >= 4 is 43.9 Å². The molecule has 0 radical (unpaired) electrons. The number of furan rings is 2. The molecule has 0 atom stereocenters. The molecule has 0 aliphatic heterocycles. The van der Waals surface area contributed by atoms with Crippen molar-refractivity contribution in [1.29, 1.82) is 0 Å². The van der Waals surface area contributed by atoms with Crippen LogP contribution in [-0.4, -0.2) is 0 Å². The molecule has 0 fully saturated rings. The summed E-state index contributed by atoms with van der Waals surface area (Å²) in [5.74, 6) is 0. The third-order valence-corrected chi connectivity index (χ3v) is 6.28. The van der Waals surface area contributed by atoms with Crippen molar-refractivity contribution in [3.05, 3.63) is 109 Å². The summed E-state index contributed by atoms with van der Waals surface area (Å²) in [6.07, 6.45) is 0. The predicted octanol–water partition coefficient (Wildman–Crippen LogP) is 8.82. The Hall–Kier alpha value is -4.30. The van der Waals surface area contributed by atoms with E-state index in [2.05, 4.69) is 84.9 Å². The highest BCUT2D eigenvalue weighted by Crippen LogP contribution is 2.41. The Labute approximate surface area is 184 Å². The maximum Gasteiger partial charge on any atom is 0.136 e. The minimum absolute atomic E-state index is 0.880. The van der Waals surface area contributed by atoms with Crippen LogP contribution in [-0.2, 0) is 0 Å². The molecule has 2 aromatic heterocycles. The largest absolute Gasteiger partial charge is 0.456 e. The molecule has 5 aromatic carbocycles. The first-order valence-electron chi connectivity index (χ1n) is 10.8. The molecule has 0 aliphatic carbocycles. The minimum Gasteiger partial charge on any atom is -0.456 e. The summed E-state index contributed by atoms with van der Waals surface area (Å²) >= 11 is 0. The van der Waals surface area contributed by atoms with Gasteiger partial charge < -0.3 is 8.83 Å². The van der Waals surface area contributed by atoms with E-state index in [-0.39, 0.29) is 0 Å². The van der Waals surface area contributed by atoms with Crippen LogP contribution < -0.4 is 0 Å². The summed E-state index contributed by atoms with van der Waals surface area (Å²) in [5.41, 5.74) is 8.28. The second-order valence-corrected chi connectivity index (χ2v) is 8.17. The lowest BCUT2D eigenvalue weighted by atomic mass is 9.99. The molecule has 32 heavy (non-hydrogen) atoms. The fourth-order valence-electron chi connectivity index (χ4n) is 4.76. The Morgan fingerprint density at radius 2 is 0.750 bits per heavy atom. The third kappa shape index (κ3) is 2.53. The Morgan fingerprint density at radius 1 is 0.344 bits per heavy atom. The molecule has 0 N–H and O–H groups in total. The van der Waals surface area contributed by atoms with E-state index in [1.807, 2.05) is 24.3 Å². The molecule has 0 amide bonds. The van der Waals surface area contributed by atoms with Crippen molar-refractivity contribution in [2.24, 2.45) is 0 Å². The molecule has 7 aromatic rings. The van der Waals surface area contributed by atoms with E-state index in [1.54, 1.807) is 0 Å². The highest BCUT2D eigenvalue weighted by atomic mass is 16.3. The SMILES string of the molecule is c1ccc(-c2ccc3oc4ccc5oc6ccc(-c7ccccc7)cc6c5c4c3c2)cc1. The predicted molar refractivity (Wildman–Crippen MR) is 132 cm³/mol. The van der Waals surface area contributed by atoms with Gasteiger partial charge in [-0.2, -0.15) is 0 Å². The molecular weight excluding hydrogens is 392 g/mol. The van der Waals surface area contributed by atoms with Crippen molar-refractivity contribution in [1.82, 2.24) is 0 Å². The average Bonchev–Trinajstić information content (AvgIpc) is 3.42. The zero-order chi connectivity index (χ0) is 21.1. The van der Waals surface area contributed by atoms with Crippen LogP contribution in [0.5, 0.6) is 0 Å². The molecule has 0 unspecified atom stereocenters. The lowest BCUT2D eigenvalue weighted by molar-refractivity contribution is 0.663. The van der Waals surface area contributed by atoms with Gasteiger partial charge in [0.25, 0.3) is 0 Å². The van der Waals surface area contributed by atoms with Gasteiger partial charge in [-0.1, -0.05) is 72.8 Å². The molecule has 2 nitrogen and oxygen atoms in total. The lowest BCUT2D eigenvalue weighted by Crippen LogP contribution is -1.78. The summed E-state index contributed by atoms with van der Waals surface area (Å²) < 4.78 is 12.5. The summed E-state index contributed by atoms with van der Waals surface area (Å²) in [5, 5.41) is 4.44. The van der Waals surface area contributed by atoms with E-state index in [4.69, 9.17) is 8.83 Å². The maximum absolute atomic E-state index is 6.24. The fourth-order valence-corrected chi connectivity index (χ4v) is 4.76. The van der Waals surface area contributed by atoms with Crippen LogP contribution in [0.4, 0.5) is 0 Å². The standard InChI is InChI=1S/C30H18O2/c1-3-7-19(8-4-1)21-11-13-25-23(17-21)29-27(31-25)15-16-28-30(29)24-18-22(12-14-26(24)32-28)20-9-5-2-6-10-20/h1-18H. The first-order valence-corrected chi connectivity index (χ1v) is 10.8. The normalized spacial score (nSPS) is 11.8. The van der Waals surface area contributed by atoms with Gasteiger partial charge in [0.1, 0.15) is 22.3 Å². The first-order chi connectivity index (χ1) is 15.8. The molecule has 2 heterocycles. The molecular formula is C30H18O2. The Morgan fingerprint density at radius 3 is 1.19 bits per heavy atom. The number of hydrogen-bond donors (Lipinski definition) is 0. The summed E-state index contributed by atoms with van der Waals surface area (Å²) in [7, 11) is 0. The Bertz CT molecular complexity index is 1620. The van der Waals surface area contributed by atoms with E-state index in [0.29, 0.717) is 0 Å². The van der Waals surface area contributed by atoms with Crippen molar-refractivity contribution in [3.8, 4) is 22.3 Å². The van der Waals surface area contributed by atoms with Crippen LogP contribution in [0.3, 0.4) is 0 Å². The summed E-state index contributed by atoms with van der Waals surface area (Å²) in [6, 6.07) is 37.8. The van der Waals surface area contributed by atoms with Gasteiger partial charge in [-0.05, 0) is 58.7 Å². The van der Waals surface area contributed by atoms with Gasteiger partial charge in [0.05, 0.1) is 0 Å². The maximum atomic E-state index is 6.24. The van der Waals surface area contributed by atoms with Crippen molar-refractivity contribution in [3.63, 3.8) is 0 Å². The van der Waals surface area contributed by atoms with Crippen molar-refractivity contribution < 1.29 is 8.83 Å². The molecule has 0 spiro atoms. The van der Waals surface area contributed by atoms with Gasteiger partial charge in [-0.15, -0.1) is 0 Å². The van der Waals surface area contributed by atoms with Crippen LogP contribution in [0.1, 0.15) is 0 Å². The second kappa shape index (κ2) is 6.60. The monoisotopic (exact) mass is 410 g/mol. The van der Waals surface area contributed by atoms with Gasteiger partial charge in [0, 0.05) is 21.5 Å². The molecule has 7 rings (SSSR count). The van der Waals surface area contributed by atoms with Crippen molar-refractivity contribution in [2.45, 2.75) is 0 Å². The Balaban J connectivity index is 1.57. The van der Waals surface area contributed by atoms with Crippen LogP contribution in [0.15, 0.2) is 118 Å². The highest BCUT2D eigenvalue weighted by Gasteiger charge is 2.17. The number of fused-ring (bicyclic) bond motifs is 7. The van der Waals surface area contributed by atoms with Gasteiger partial charge in [0.15, 0.2) is 0 Å². The first kappa shape index (κ1) is 17.4. The van der Waals surface area contributed by atoms with Gasteiger partial charge in [-0.25, -0.2) is 0 Å². The third-order valence-electron chi connectivity index (χ3n) is 6.28. The number of hydrogen-bond acceptors (Lipinski definition) is 2. The molecule has 0 aliphatic rings. The number of rotatable bonds is 2. The van der Waals surface area contributed by atoms with Crippen LogP contribution >= 0.6 is 0 Å². The zero-order valence-electron chi connectivity index (χ0n) is 17.2. The molecule has 0 saturated heterocycles. The van der Waals surface area contributed by atoms with Crippen LogP contribution in [0.25, 0.3) is 66.1 Å². The topological polar surface area (TPSA) is 26.3 Å². The van der Waals surface area contributed by atoms with Gasteiger partial charge in [-0.3, -0.25) is 0 Å². The van der Waals surface area contributed by atoms with Gasteiger partial charge in [0.2, 0.25) is 0 Å². The van der Waals surface area contributed by atoms with Gasteiger partial charge >= 0.3 is 0 Å². The molecule has 0 bridgehead atoms. The quantitative estimate of drug-likeness (QED) is 0.284. The average molecular weight is 410 g/mol. The minimum atomic E-state index is 0.880. The van der Waals surface area contributed by atoms with Crippen molar-refractivity contribution in [2.75, 3.05) is 0 Å². The molecule has 0 saturated carbocycles. The Kier molecular flexibility index (Phi) is 3.58. The second-order valence-electron chi connectivity index (χ2n) is 8.17. The van der Waals surface area contributed by atoms with E-state index >= 15 is 0 Å². The van der Waals surface area contributed by atoms with Crippen LogP contribution in [0.2, 0.25) is 0 Å². The highest BCUT2D eigenvalue weighted by molar-refractivity contribution is 6.26. The summed E-state index contributed by atoms with van der Waals surface area (Å²) in [6.45, 7) is 0. The molecule has 150 valence electrons. The van der Waals surface area contributed by atoms with Crippen LogP contribution in [0, 0.1) is 0 Å². The number of benzene rings is 5. The van der Waals surface area contributed by atoms with E-state index in [9.17, 15) is 0 Å².